The van der Waals surface area contributed by atoms with E-state index in [4.69, 9.17) is 11.5 Å². The molecule has 120 valence electrons. The third-order valence-corrected chi connectivity index (χ3v) is 4.26. The molecule has 23 heavy (non-hydrogen) atoms. The maximum absolute atomic E-state index is 14.4. The Balaban J connectivity index is 2.48. The number of nitrogens with two attached hydrogens (primary N) is 2. The number of amides is 1. The van der Waals surface area contributed by atoms with Gasteiger partial charge in [-0.1, -0.05) is 0 Å². The number of halogens is 1. The number of nitrogens with zero attached hydrogens (tertiary/aromatic N) is 2. The maximum atomic E-state index is 14.4. The second-order valence-corrected chi connectivity index (χ2v) is 5.68. The van der Waals surface area contributed by atoms with Crippen molar-refractivity contribution in [2.24, 2.45) is 5.73 Å². The van der Waals surface area contributed by atoms with E-state index >= 15 is 0 Å². The van der Waals surface area contributed by atoms with Crippen LogP contribution in [0, 0.1) is 5.82 Å². The normalized spacial score (nSPS) is 15.6. The molecule has 0 aliphatic heterocycles. The highest BCUT2D eigenvalue weighted by Crippen LogP contribution is 2.39. The third-order valence-electron chi connectivity index (χ3n) is 4.26. The second kappa shape index (κ2) is 5.12. The molecule has 3 rings (SSSR count). The van der Waals surface area contributed by atoms with Crippen LogP contribution in [0.5, 0.6) is 0 Å². The molecule has 1 aliphatic carbocycles. The number of aliphatic hydroxyl groups excluding tert-OH is 1. The smallest absolute Gasteiger partial charge is 0.253 e. The number of fused-ring (bicyclic) bond motifs is 1. The fraction of sp³-hybridized carbons (Fsp3) is 0.250. The number of pyridine rings is 1. The molecular formula is C16H17FN4O2. The number of carbonyl (C=O) groups is 1. The van der Waals surface area contributed by atoms with Crippen LogP contribution in [-0.4, -0.2) is 20.6 Å². The number of nitrogen functional groups attached to an aromatic ring is 1. The van der Waals surface area contributed by atoms with Gasteiger partial charge in [0.15, 0.2) is 5.82 Å². The lowest BCUT2D eigenvalue weighted by atomic mass is 9.96. The first kappa shape index (κ1) is 15.1. The zero-order valence-corrected chi connectivity index (χ0v) is 12.9. The summed E-state index contributed by atoms with van der Waals surface area (Å²) in [4.78, 5) is 15.6. The maximum Gasteiger partial charge on any atom is 0.253 e. The zero-order chi connectivity index (χ0) is 16.9. The molecule has 0 aromatic carbocycles. The SMILES string of the molecule is CC1=C(n2c(N)c(C(N)=O)c3cncc(F)c32)C(C)=C(O)CC1. The standard InChI is InChI=1S/C16H17FN4O2/c1-7-3-4-11(22)8(2)13(7)21-14-9(5-20-6-10(14)17)12(15(21)18)16(19)23/h5-6,22H,3-4,18H2,1-2H3,(H2,19,23). The van der Waals surface area contributed by atoms with Crippen molar-refractivity contribution in [3.05, 3.63) is 40.7 Å². The lowest BCUT2D eigenvalue weighted by molar-refractivity contribution is 0.100. The minimum absolute atomic E-state index is 0.0326. The van der Waals surface area contributed by atoms with Crippen molar-refractivity contribution < 1.29 is 14.3 Å². The molecule has 0 radical (unpaired) electrons. The van der Waals surface area contributed by atoms with E-state index in [9.17, 15) is 14.3 Å². The molecule has 7 heteroatoms. The fourth-order valence-electron chi connectivity index (χ4n) is 3.13. The van der Waals surface area contributed by atoms with Crippen molar-refractivity contribution in [2.45, 2.75) is 26.7 Å². The Kier molecular flexibility index (Phi) is 3.35. The second-order valence-electron chi connectivity index (χ2n) is 5.68. The summed E-state index contributed by atoms with van der Waals surface area (Å²) in [6.07, 6.45) is 3.56. The molecule has 0 saturated carbocycles. The molecular weight excluding hydrogens is 299 g/mol. The van der Waals surface area contributed by atoms with Gasteiger partial charge >= 0.3 is 0 Å². The number of carbonyl (C=O) groups excluding carboxylic acids is 1. The lowest BCUT2D eigenvalue weighted by Crippen LogP contribution is -2.15. The van der Waals surface area contributed by atoms with Crippen LogP contribution in [0.4, 0.5) is 10.2 Å². The van der Waals surface area contributed by atoms with Gasteiger partial charge in [-0.05, 0) is 25.8 Å². The van der Waals surface area contributed by atoms with E-state index in [1.807, 2.05) is 6.92 Å². The number of aromatic nitrogens is 2. The minimum atomic E-state index is -0.751. The summed E-state index contributed by atoms with van der Waals surface area (Å²) < 4.78 is 15.9. The molecule has 6 nitrogen and oxygen atoms in total. The van der Waals surface area contributed by atoms with Crippen molar-refractivity contribution in [3.63, 3.8) is 0 Å². The summed E-state index contributed by atoms with van der Waals surface area (Å²) in [5.74, 6) is -1.09. The highest BCUT2D eigenvalue weighted by molar-refractivity contribution is 6.12. The van der Waals surface area contributed by atoms with Crippen molar-refractivity contribution in [3.8, 4) is 0 Å². The molecule has 1 amide bonds. The highest BCUT2D eigenvalue weighted by Gasteiger charge is 2.27. The van der Waals surface area contributed by atoms with Crippen LogP contribution in [0.25, 0.3) is 16.6 Å². The van der Waals surface area contributed by atoms with Crippen molar-refractivity contribution in [1.82, 2.24) is 9.55 Å². The topological polar surface area (TPSA) is 107 Å². The number of aliphatic hydroxyl groups is 1. The first-order valence-corrected chi connectivity index (χ1v) is 7.17. The van der Waals surface area contributed by atoms with Crippen molar-refractivity contribution in [2.75, 3.05) is 5.73 Å². The van der Waals surface area contributed by atoms with E-state index in [0.29, 0.717) is 24.1 Å². The number of primary amides is 1. The summed E-state index contributed by atoms with van der Waals surface area (Å²) in [7, 11) is 0. The van der Waals surface area contributed by atoms with E-state index < -0.39 is 11.7 Å². The van der Waals surface area contributed by atoms with E-state index in [2.05, 4.69) is 4.98 Å². The minimum Gasteiger partial charge on any atom is -0.512 e. The summed E-state index contributed by atoms with van der Waals surface area (Å²) >= 11 is 0. The molecule has 0 saturated heterocycles. The van der Waals surface area contributed by atoms with Crippen LogP contribution in [0.2, 0.25) is 0 Å². The molecule has 0 fully saturated rings. The molecule has 2 aromatic heterocycles. The predicted octanol–water partition coefficient (Wildman–Crippen LogP) is 2.71. The quantitative estimate of drug-likeness (QED) is 0.791. The molecule has 0 unspecified atom stereocenters. The Morgan fingerprint density at radius 3 is 2.70 bits per heavy atom. The number of hydrogen-bond acceptors (Lipinski definition) is 4. The van der Waals surface area contributed by atoms with E-state index in [1.165, 1.54) is 10.8 Å². The third kappa shape index (κ3) is 2.08. The number of anilines is 1. The van der Waals surface area contributed by atoms with Gasteiger partial charge in [-0.25, -0.2) is 4.39 Å². The van der Waals surface area contributed by atoms with E-state index in [1.54, 1.807) is 6.92 Å². The molecule has 2 heterocycles. The monoisotopic (exact) mass is 316 g/mol. The lowest BCUT2D eigenvalue weighted by Gasteiger charge is -2.22. The molecule has 2 aromatic rings. The average molecular weight is 316 g/mol. The Hall–Kier alpha value is -2.83. The van der Waals surface area contributed by atoms with Crippen LogP contribution in [0.15, 0.2) is 29.3 Å². The summed E-state index contributed by atoms with van der Waals surface area (Å²) in [6.45, 7) is 3.63. The van der Waals surface area contributed by atoms with E-state index in [-0.39, 0.29) is 28.0 Å². The fourth-order valence-corrected chi connectivity index (χ4v) is 3.13. The highest BCUT2D eigenvalue weighted by atomic mass is 19.1. The number of hydrogen-bond donors (Lipinski definition) is 3. The summed E-state index contributed by atoms with van der Waals surface area (Å²) in [5.41, 5.74) is 13.8. The molecule has 1 aliphatic rings. The van der Waals surface area contributed by atoms with Gasteiger partial charge in [-0.3, -0.25) is 14.3 Å². The van der Waals surface area contributed by atoms with Crippen LogP contribution in [0.3, 0.4) is 0 Å². The molecule has 5 N–H and O–H groups in total. The summed E-state index contributed by atoms with van der Waals surface area (Å²) in [5, 5.41) is 10.3. The van der Waals surface area contributed by atoms with Crippen LogP contribution >= 0.6 is 0 Å². The molecule has 0 spiro atoms. The number of rotatable bonds is 2. The largest absolute Gasteiger partial charge is 0.512 e. The van der Waals surface area contributed by atoms with Gasteiger partial charge in [0.05, 0.1) is 28.7 Å². The molecule has 0 atom stereocenters. The van der Waals surface area contributed by atoms with Gasteiger partial charge in [0, 0.05) is 23.6 Å². The van der Waals surface area contributed by atoms with Crippen LogP contribution < -0.4 is 11.5 Å². The first-order chi connectivity index (χ1) is 10.8. The Labute approximate surface area is 131 Å². The Morgan fingerprint density at radius 2 is 2.04 bits per heavy atom. The Morgan fingerprint density at radius 1 is 1.35 bits per heavy atom. The first-order valence-electron chi connectivity index (χ1n) is 7.17. The molecule has 0 bridgehead atoms. The Bertz CT molecular complexity index is 908. The van der Waals surface area contributed by atoms with Gasteiger partial charge in [-0.2, -0.15) is 0 Å². The van der Waals surface area contributed by atoms with Crippen LogP contribution in [-0.2, 0) is 0 Å². The predicted molar refractivity (Wildman–Crippen MR) is 86.1 cm³/mol. The average Bonchev–Trinajstić information content (AvgIpc) is 2.78. The van der Waals surface area contributed by atoms with Gasteiger partial charge < -0.3 is 16.6 Å². The number of allylic oxidation sites excluding steroid dienone is 4. The van der Waals surface area contributed by atoms with Crippen molar-refractivity contribution >= 4 is 28.3 Å². The van der Waals surface area contributed by atoms with Gasteiger partial charge in [-0.15, -0.1) is 0 Å². The van der Waals surface area contributed by atoms with Crippen LogP contribution in [0.1, 0.15) is 37.0 Å². The van der Waals surface area contributed by atoms with Gasteiger partial charge in [0.25, 0.3) is 5.91 Å². The van der Waals surface area contributed by atoms with Gasteiger partial charge in [0.1, 0.15) is 5.82 Å². The van der Waals surface area contributed by atoms with Crippen molar-refractivity contribution in [1.29, 1.82) is 0 Å². The van der Waals surface area contributed by atoms with E-state index in [0.717, 1.165) is 11.8 Å². The zero-order valence-electron chi connectivity index (χ0n) is 12.9. The van der Waals surface area contributed by atoms with Gasteiger partial charge in [0.2, 0.25) is 0 Å². The summed E-state index contributed by atoms with van der Waals surface area (Å²) in [6, 6.07) is 0.